The number of aliphatic carboxylic acids is 1. The lowest BCUT2D eigenvalue weighted by Crippen LogP contribution is -2.58. The molecule has 0 saturated heterocycles. The Balaban J connectivity index is 1.40. The summed E-state index contributed by atoms with van der Waals surface area (Å²) in [6.07, 6.45) is 3.23. The fourth-order valence-corrected chi connectivity index (χ4v) is 5.18. The molecular weight excluding hydrogens is 586 g/mol. The summed E-state index contributed by atoms with van der Waals surface area (Å²) in [4.78, 5) is 69.0. The van der Waals surface area contributed by atoms with Crippen LogP contribution in [0.1, 0.15) is 24.0 Å². The van der Waals surface area contributed by atoms with E-state index in [9.17, 15) is 29.1 Å². The van der Waals surface area contributed by atoms with E-state index >= 15 is 0 Å². The summed E-state index contributed by atoms with van der Waals surface area (Å²) in [6, 6.07) is 10.1. The number of carbonyl (C=O) groups excluding carboxylic acids is 4. The third-order valence-electron chi connectivity index (χ3n) is 7.29. The Morgan fingerprint density at radius 3 is 1.80 bits per heavy atom. The van der Waals surface area contributed by atoms with Crippen LogP contribution in [0.25, 0.3) is 21.8 Å². The van der Waals surface area contributed by atoms with Gasteiger partial charge in [-0.3, -0.25) is 19.2 Å². The van der Waals surface area contributed by atoms with E-state index in [2.05, 4.69) is 38.5 Å². The van der Waals surface area contributed by atoms with Crippen molar-refractivity contribution in [3.8, 4) is 0 Å². The molecule has 4 rings (SSSR count). The van der Waals surface area contributed by atoms with Crippen LogP contribution in [-0.4, -0.2) is 74.6 Å². The minimum Gasteiger partial charge on any atom is -0.480 e. The van der Waals surface area contributed by atoms with Crippen molar-refractivity contribution in [2.45, 2.75) is 49.9 Å². The Bertz CT molecular complexity index is 1670. The van der Waals surface area contributed by atoms with Gasteiger partial charge in [0.25, 0.3) is 0 Å². The van der Waals surface area contributed by atoms with Crippen molar-refractivity contribution in [2.24, 2.45) is 11.5 Å². The van der Waals surface area contributed by atoms with Crippen LogP contribution in [0.2, 0.25) is 0 Å². The smallest absolute Gasteiger partial charge is 0.326 e. The average Bonchev–Trinajstić information content (AvgIpc) is 3.61. The Morgan fingerprint density at radius 1 is 0.750 bits per heavy atom. The van der Waals surface area contributed by atoms with Crippen molar-refractivity contribution < 1.29 is 29.1 Å². The zero-order chi connectivity index (χ0) is 31.8. The van der Waals surface area contributed by atoms with Crippen molar-refractivity contribution in [2.75, 3.05) is 5.75 Å². The van der Waals surface area contributed by atoms with Crippen LogP contribution in [0, 0.1) is 0 Å². The van der Waals surface area contributed by atoms with Crippen molar-refractivity contribution in [1.29, 1.82) is 0 Å². The number of thiol groups is 1. The summed E-state index contributed by atoms with van der Waals surface area (Å²) in [7, 11) is 0. The molecule has 0 aliphatic rings. The number of benzene rings is 2. The normalized spacial score (nSPS) is 14.0. The zero-order valence-electron chi connectivity index (χ0n) is 23.7. The van der Waals surface area contributed by atoms with Crippen LogP contribution in [0.3, 0.4) is 0 Å². The van der Waals surface area contributed by atoms with Gasteiger partial charge >= 0.3 is 5.97 Å². The quantitative estimate of drug-likeness (QED) is 0.0853. The van der Waals surface area contributed by atoms with Gasteiger partial charge in [-0.1, -0.05) is 36.4 Å². The maximum Gasteiger partial charge on any atom is 0.326 e. The molecule has 2 heterocycles. The standard InChI is InChI=1S/C30H35N7O6S/c31-20(11-16-13-33-21-7-3-1-5-18(16)21)27(39)35-23(9-10-26(32)38)28(40)37-25(15-44)29(41)36-24(30(42)43)12-17-14-34-22-8-4-2-6-19(17)22/h1-8,13-14,20,23-25,33-34,44H,9-12,15,31H2,(H2,32,38)(H,35,39)(H,36,41)(H,37,40)(H,42,43). The van der Waals surface area contributed by atoms with Gasteiger partial charge in [0.15, 0.2) is 0 Å². The molecule has 0 bridgehead atoms. The number of carboxylic acids is 1. The molecule has 0 fully saturated rings. The first kappa shape index (κ1) is 32.1. The highest BCUT2D eigenvalue weighted by Gasteiger charge is 2.30. The van der Waals surface area contributed by atoms with E-state index in [-0.39, 0.29) is 31.4 Å². The minimum absolute atomic E-state index is 0.00998. The van der Waals surface area contributed by atoms with Gasteiger partial charge in [-0.25, -0.2) is 4.79 Å². The maximum absolute atomic E-state index is 13.2. The van der Waals surface area contributed by atoms with Gasteiger partial charge in [0, 0.05) is 52.8 Å². The lowest BCUT2D eigenvalue weighted by atomic mass is 10.0. The number of nitrogens with two attached hydrogens (primary N) is 2. The van der Waals surface area contributed by atoms with Crippen molar-refractivity contribution in [1.82, 2.24) is 25.9 Å². The zero-order valence-corrected chi connectivity index (χ0v) is 24.6. The molecule has 44 heavy (non-hydrogen) atoms. The Kier molecular flexibility index (Phi) is 10.6. The molecule has 232 valence electrons. The number of fused-ring (bicyclic) bond motifs is 2. The predicted octanol–water partition coefficient (Wildman–Crippen LogP) is 0.496. The fourth-order valence-electron chi connectivity index (χ4n) is 4.92. The Morgan fingerprint density at radius 2 is 1.25 bits per heavy atom. The number of carbonyl (C=O) groups is 5. The highest BCUT2D eigenvalue weighted by molar-refractivity contribution is 7.80. The number of hydrogen-bond acceptors (Lipinski definition) is 7. The summed E-state index contributed by atoms with van der Waals surface area (Å²) in [6.45, 7) is 0. The SMILES string of the molecule is NC(=O)CCC(NC(=O)C(N)Cc1c[nH]c2ccccc12)C(=O)NC(CS)C(=O)NC(Cc1c[nH]c2ccccc12)C(=O)O. The summed E-state index contributed by atoms with van der Waals surface area (Å²) in [5, 5.41) is 19.1. The molecule has 4 atom stereocenters. The number of carboxylic acid groups (broad SMARTS) is 1. The molecule has 4 amide bonds. The molecule has 14 heteroatoms. The van der Waals surface area contributed by atoms with E-state index in [1.165, 1.54) is 0 Å². The molecule has 4 aromatic rings. The number of aromatic amines is 2. The number of aromatic nitrogens is 2. The number of hydrogen-bond donors (Lipinski definition) is 9. The van der Waals surface area contributed by atoms with Gasteiger partial charge in [-0.15, -0.1) is 0 Å². The lowest BCUT2D eigenvalue weighted by molar-refractivity contribution is -0.142. The van der Waals surface area contributed by atoms with Crippen LogP contribution in [0.4, 0.5) is 0 Å². The van der Waals surface area contributed by atoms with Crippen LogP contribution < -0.4 is 27.4 Å². The van der Waals surface area contributed by atoms with E-state index in [0.29, 0.717) is 5.56 Å². The number of rotatable bonds is 15. The third kappa shape index (κ3) is 7.96. The van der Waals surface area contributed by atoms with Gasteiger partial charge in [0.1, 0.15) is 18.1 Å². The molecular formula is C30H35N7O6S. The topological polar surface area (TPSA) is 225 Å². The maximum atomic E-state index is 13.2. The van der Waals surface area contributed by atoms with Gasteiger partial charge < -0.3 is 42.5 Å². The van der Waals surface area contributed by atoms with Crippen LogP contribution in [0.15, 0.2) is 60.9 Å². The third-order valence-corrected chi connectivity index (χ3v) is 7.66. The fraction of sp³-hybridized carbons (Fsp3) is 0.300. The van der Waals surface area contributed by atoms with Crippen molar-refractivity contribution in [3.05, 3.63) is 72.1 Å². The Hall–Kier alpha value is -4.82. The van der Waals surface area contributed by atoms with E-state index in [4.69, 9.17) is 11.5 Å². The molecule has 2 aromatic carbocycles. The van der Waals surface area contributed by atoms with E-state index in [0.717, 1.165) is 27.4 Å². The molecule has 0 saturated carbocycles. The molecule has 0 aliphatic carbocycles. The molecule has 0 spiro atoms. The van der Waals surface area contributed by atoms with E-state index in [1.54, 1.807) is 12.4 Å². The summed E-state index contributed by atoms with van der Waals surface area (Å²) < 4.78 is 0. The second-order valence-electron chi connectivity index (χ2n) is 10.4. The van der Waals surface area contributed by atoms with Gasteiger partial charge in [0.05, 0.1) is 6.04 Å². The van der Waals surface area contributed by atoms with E-state index < -0.39 is 53.8 Å². The average molecular weight is 622 g/mol. The first-order chi connectivity index (χ1) is 21.1. The highest BCUT2D eigenvalue weighted by Crippen LogP contribution is 2.20. The van der Waals surface area contributed by atoms with Crippen molar-refractivity contribution in [3.63, 3.8) is 0 Å². The number of amides is 4. The molecule has 13 nitrogen and oxygen atoms in total. The number of para-hydroxylation sites is 2. The van der Waals surface area contributed by atoms with Gasteiger partial charge in [0.2, 0.25) is 23.6 Å². The first-order valence-electron chi connectivity index (χ1n) is 14.0. The largest absolute Gasteiger partial charge is 0.480 e. The van der Waals surface area contributed by atoms with Crippen LogP contribution >= 0.6 is 12.6 Å². The predicted molar refractivity (Wildman–Crippen MR) is 168 cm³/mol. The number of H-pyrrole nitrogens is 2. The first-order valence-corrected chi connectivity index (χ1v) is 14.6. The van der Waals surface area contributed by atoms with Gasteiger partial charge in [-0.2, -0.15) is 12.6 Å². The number of nitrogens with one attached hydrogen (secondary N) is 5. The molecule has 0 aliphatic heterocycles. The van der Waals surface area contributed by atoms with Gasteiger partial charge in [-0.05, 0) is 36.1 Å². The second-order valence-corrected chi connectivity index (χ2v) is 10.8. The molecule has 0 radical (unpaired) electrons. The monoisotopic (exact) mass is 621 g/mol. The minimum atomic E-state index is -1.30. The second kappa shape index (κ2) is 14.6. The molecule has 10 N–H and O–H groups in total. The summed E-state index contributed by atoms with van der Waals surface area (Å²) in [5.41, 5.74) is 14.7. The number of primary amides is 1. The van der Waals surface area contributed by atoms with E-state index in [1.807, 2.05) is 48.5 Å². The van der Waals surface area contributed by atoms with Crippen molar-refractivity contribution >= 4 is 64.0 Å². The summed E-state index contributed by atoms with van der Waals surface area (Å²) in [5.74, 6) is -4.33. The molecule has 4 unspecified atom stereocenters. The molecule has 2 aromatic heterocycles. The highest BCUT2D eigenvalue weighted by atomic mass is 32.1. The Labute approximate surface area is 257 Å². The lowest BCUT2D eigenvalue weighted by Gasteiger charge is -2.24. The summed E-state index contributed by atoms with van der Waals surface area (Å²) >= 11 is 4.16. The van der Waals surface area contributed by atoms with Crippen LogP contribution in [-0.2, 0) is 36.8 Å². The van der Waals surface area contributed by atoms with Crippen LogP contribution in [0.5, 0.6) is 0 Å².